The second kappa shape index (κ2) is 8.47. The van der Waals surface area contributed by atoms with Crippen molar-refractivity contribution in [3.05, 3.63) is 138 Å². The van der Waals surface area contributed by atoms with Crippen LogP contribution in [0, 0.1) is 11.3 Å². The molecule has 2 aromatic heterocycles. The third-order valence-corrected chi connectivity index (χ3v) is 9.41. The van der Waals surface area contributed by atoms with E-state index in [1.54, 1.807) is 0 Å². The highest BCUT2D eigenvalue weighted by molar-refractivity contribution is 6.12. The van der Waals surface area contributed by atoms with Crippen molar-refractivity contribution in [2.24, 2.45) is 0 Å². The molecule has 1 aliphatic carbocycles. The van der Waals surface area contributed by atoms with Gasteiger partial charge in [-0.2, -0.15) is 5.26 Å². The molecule has 0 aliphatic heterocycles. The highest BCUT2D eigenvalue weighted by atomic mass is 16.3. The lowest BCUT2D eigenvalue weighted by molar-refractivity contribution is 0.620. The SMILES string of the molecule is CC1(C)c2ccccc2-c2ccc3c(oc4ccc(-c5ccc(C#N)cc5-n5c6ccccc6c6ccccc65)cc43)c21. The topological polar surface area (TPSA) is 41.9 Å². The van der Waals surface area contributed by atoms with Gasteiger partial charge in [0.15, 0.2) is 0 Å². The minimum atomic E-state index is -0.154. The van der Waals surface area contributed by atoms with E-state index in [1.807, 2.05) is 12.1 Å². The largest absolute Gasteiger partial charge is 0.456 e. The lowest BCUT2D eigenvalue weighted by atomic mass is 9.82. The molecule has 0 N–H and O–H groups in total. The average Bonchev–Trinajstić information content (AvgIpc) is 3.66. The first-order valence-electron chi connectivity index (χ1n) is 14.7. The molecule has 3 nitrogen and oxygen atoms in total. The Kier molecular flexibility index (Phi) is 4.74. The summed E-state index contributed by atoms with van der Waals surface area (Å²) in [4.78, 5) is 0. The van der Waals surface area contributed by atoms with Gasteiger partial charge in [-0.15, -0.1) is 0 Å². The molecule has 1 aliphatic rings. The summed E-state index contributed by atoms with van der Waals surface area (Å²) in [6.07, 6.45) is 0. The molecule has 0 spiro atoms. The standard InChI is InChI=1S/C40H26N2O/c1-40(2)33-12-6-3-9-27(33)30-18-19-31-32-22-25(16-20-37(32)43-39(31)38(30)40)26-17-15-24(23-41)21-36(26)42-34-13-7-4-10-28(34)29-11-5-8-14-35(29)42/h3-22H,1-2H3. The Morgan fingerprint density at radius 2 is 1.33 bits per heavy atom. The molecule has 0 unspecified atom stereocenters. The van der Waals surface area contributed by atoms with Crippen LogP contribution in [-0.2, 0) is 5.41 Å². The first-order chi connectivity index (χ1) is 21.0. The highest BCUT2D eigenvalue weighted by Crippen LogP contribution is 2.52. The minimum Gasteiger partial charge on any atom is -0.456 e. The van der Waals surface area contributed by atoms with Crippen LogP contribution in [-0.4, -0.2) is 4.57 Å². The molecule has 0 radical (unpaired) electrons. The number of rotatable bonds is 2. The van der Waals surface area contributed by atoms with Gasteiger partial charge in [0.05, 0.1) is 28.4 Å². The van der Waals surface area contributed by atoms with Crippen LogP contribution in [0.5, 0.6) is 0 Å². The Bertz CT molecular complexity index is 2450. The monoisotopic (exact) mass is 550 g/mol. The molecular weight excluding hydrogens is 524 g/mol. The minimum absolute atomic E-state index is 0.154. The molecule has 2 heterocycles. The summed E-state index contributed by atoms with van der Waals surface area (Å²) >= 11 is 0. The van der Waals surface area contributed by atoms with Crippen LogP contribution in [0.2, 0.25) is 0 Å². The number of hydrogen-bond acceptors (Lipinski definition) is 2. The van der Waals surface area contributed by atoms with Gasteiger partial charge in [0.1, 0.15) is 11.2 Å². The lowest BCUT2D eigenvalue weighted by Crippen LogP contribution is -2.15. The van der Waals surface area contributed by atoms with Crippen molar-refractivity contribution in [3.8, 4) is 34.0 Å². The van der Waals surface area contributed by atoms with Crippen molar-refractivity contribution in [3.63, 3.8) is 0 Å². The summed E-state index contributed by atoms with van der Waals surface area (Å²) in [5, 5.41) is 14.5. The van der Waals surface area contributed by atoms with E-state index in [4.69, 9.17) is 4.42 Å². The maximum atomic E-state index is 9.89. The molecule has 0 fully saturated rings. The first-order valence-corrected chi connectivity index (χ1v) is 14.7. The van der Waals surface area contributed by atoms with Crippen molar-refractivity contribution in [1.29, 1.82) is 5.26 Å². The van der Waals surface area contributed by atoms with Gasteiger partial charge < -0.3 is 8.98 Å². The van der Waals surface area contributed by atoms with E-state index in [-0.39, 0.29) is 5.41 Å². The lowest BCUT2D eigenvalue weighted by Gasteiger charge is -2.21. The zero-order chi connectivity index (χ0) is 28.9. The highest BCUT2D eigenvalue weighted by Gasteiger charge is 2.38. The molecule has 0 bridgehead atoms. The predicted molar refractivity (Wildman–Crippen MR) is 176 cm³/mol. The summed E-state index contributed by atoms with van der Waals surface area (Å²) < 4.78 is 8.96. The van der Waals surface area contributed by atoms with E-state index in [0.29, 0.717) is 5.56 Å². The van der Waals surface area contributed by atoms with Crippen LogP contribution >= 0.6 is 0 Å². The van der Waals surface area contributed by atoms with Gasteiger partial charge >= 0.3 is 0 Å². The molecule has 0 atom stereocenters. The Labute approximate surface area is 248 Å². The van der Waals surface area contributed by atoms with Crippen molar-refractivity contribution in [1.82, 2.24) is 4.57 Å². The van der Waals surface area contributed by atoms with E-state index in [2.05, 4.69) is 134 Å². The predicted octanol–water partition coefficient (Wildman–Crippen LogP) is 10.5. The average molecular weight is 551 g/mol. The van der Waals surface area contributed by atoms with E-state index in [0.717, 1.165) is 49.8 Å². The molecule has 6 aromatic carbocycles. The molecular formula is C40H26N2O. The number of para-hydroxylation sites is 2. The van der Waals surface area contributed by atoms with Gasteiger partial charge in [0, 0.05) is 38.1 Å². The quantitative estimate of drug-likeness (QED) is 0.215. The number of furan rings is 1. The Morgan fingerprint density at radius 3 is 2.09 bits per heavy atom. The normalized spacial score (nSPS) is 13.5. The van der Waals surface area contributed by atoms with Gasteiger partial charge in [-0.1, -0.05) is 92.7 Å². The Morgan fingerprint density at radius 1 is 0.628 bits per heavy atom. The van der Waals surface area contributed by atoms with E-state index in [9.17, 15) is 5.26 Å². The Balaban J connectivity index is 1.31. The number of fused-ring (bicyclic) bond motifs is 10. The summed E-state index contributed by atoms with van der Waals surface area (Å²) in [6, 6.07) is 45.0. The van der Waals surface area contributed by atoms with Crippen LogP contribution in [0.15, 0.2) is 126 Å². The summed E-state index contributed by atoms with van der Waals surface area (Å²) in [5.41, 5.74) is 12.8. The maximum Gasteiger partial charge on any atom is 0.140 e. The number of benzene rings is 6. The van der Waals surface area contributed by atoms with Crippen molar-refractivity contribution in [2.75, 3.05) is 0 Å². The van der Waals surface area contributed by atoms with Crippen LogP contribution < -0.4 is 0 Å². The van der Waals surface area contributed by atoms with Gasteiger partial charge in [0.2, 0.25) is 0 Å². The molecule has 43 heavy (non-hydrogen) atoms. The van der Waals surface area contributed by atoms with Crippen molar-refractivity contribution >= 4 is 43.7 Å². The number of hydrogen-bond donors (Lipinski definition) is 0. The fourth-order valence-corrected chi connectivity index (χ4v) is 7.46. The second-order valence-electron chi connectivity index (χ2n) is 12.1. The van der Waals surface area contributed by atoms with E-state index >= 15 is 0 Å². The molecule has 0 amide bonds. The molecule has 8 aromatic rings. The molecule has 0 saturated carbocycles. The first kappa shape index (κ1) is 24.1. The van der Waals surface area contributed by atoms with Crippen molar-refractivity contribution < 1.29 is 4.42 Å². The van der Waals surface area contributed by atoms with Gasteiger partial charge in [-0.3, -0.25) is 0 Å². The Hall–Kier alpha value is -5.59. The molecule has 202 valence electrons. The van der Waals surface area contributed by atoms with Gasteiger partial charge in [-0.05, 0) is 64.7 Å². The smallest absolute Gasteiger partial charge is 0.140 e. The second-order valence-corrected chi connectivity index (χ2v) is 12.1. The van der Waals surface area contributed by atoms with Crippen LogP contribution in [0.25, 0.3) is 71.7 Å². The molecule has 3 heteroatoms. The van der Waals surface area contributed by atoms with Crippen molar-refractivity contribution in [2.45, 2.75) is 19.3 Å². The van der Waals surface area contributed by atoms with Gasteiger partial charge in [-0.25, -0.2) is 0 Å². The van der Waals surface area contributed by atoms with Gasteiger partial charge in [0.25, 0.3) is 0 Å². The zero-order valence-electron chi connectivity index (χ0n) is 23.8. The summed E-state index contributed by atoms with van der Waals surface area (Å²) in [6.45, 7) is 4.59. The molecule has 9 rings (SSSR count). The molecule has 0 saturated heterocycles. The third kappa shape index (κ3) is 3.18. The number of aromatic nitrogens is 1. The number of nitriles is 1. The fraction of sp³-hybridized carbons (Fsp3) is 0.0750. The zero-order valence-corrected chi connectivity index (χ0v) is 23.8. The van der Waals surface area contributed by atoms with Crippen LogP contribution in [0.1, 0.15) is 30.5 Å². The third-order valence-electron chi connectivity index (χ3n) is 9.41. The summed E-state index contributed by atoms with van der Waals surface area (Å²) in [7, 11) is 0. The van der Waals surface area contributed by atoms with Crippen LogP contribution in [0.3, 0.4) is 0 Å². The number of nitrogens with zero attached hydrogens (tertiary/aromatic N) is 2. The van der Waals surface area contributed by atoms with E-state index in [1.165, 1.54) is 33.0 Å². The fourth-order valence-electron chi connectivity index (χ4n) is 7.46. The van der Waals surface area contributed by atoms with Crippen LogP contribution in [0.4, 0.5) is 0 Å². The summed E-state index contributed by atoms with van der Waals surface area (Å²) in [5.74, 6) is 0. The maximum absolute atomic E-state index is 9.89. The van der Waals surface area contributed by atoms with E-state index < -0.39 is 0 Å².